The molecule has 248 valence electrons. The first-order valence-corrected chi connectivity index (χ1v) is 16.2. The van der Waals surface area contributed by atoms with Crippen molar-refractivity contribution < 1.29 is 38.1 Å². The van der Waals surface area contributed by atoms with E-state index in [0.29, 0.717) is 69.1 Å². The summed E-state index contributed by atoms with van der Waals surface area (Å²) >= 11 is 0. The molecule has 0 amide bonds. The molecule has 0 saturated carbocycles. The topological polar surface area (TPSA) is 124 Å². The summed E-state index contributed by atoms with van der Waals surface area (Å²) in [5.74, 6) is 0.997. The van der Waals surface area contributed by atoms with Gasteiger partial charge in [0.05, 0.1) is 24.3 Å². The number of ether oxygens (including phenoxy) is 4. The first kappa shape index (κ1) is 33.7. The molecule has 48 heavy (non-hydrogen) atoms. The number of aromatic nitrogens is 2. The Labute approximate surface area is 279 Å². The molecule has 0 N–H and O–H groups in total. The van der Waals surface area contributed by atoms with Crippen molar-refractivity contribution in [3.8, 4) is 45.5 Å². The van der Waals surface area contributed by atoms with Crippen LogP contribution in [0.15, 0.2) is 102 Å². The normalized spacial score (nSPS) is 10.8. The molecular weight excluding hydrogens is 612 g/mol. The van der Waals surface area contributed by atoms with Gasteiger partial charge in [0.15, 0.2) is 0 Å². The zero-order valence-electron chi connectivity index (χ0n) is 27.1. The largest absolute Gasteiger partial charge is 0.494 e. The van der Waals surface area contributed by atoms with Crippen LogP contribution < -0.4 is 23.9 Å². The van der Waals surface area contributed by atoms with Crippen molar-refractivity contribution >= 4 is 11.9 Å². The Hall–Kier alpha value is -5.64. The van der Waals surface area contributed by atoms with Crippen molar-refractivity contribution in [2.24, 2.45) is 0 Å². The lowest BCUT2D eigenvalue weighted by atomic mass is 10.0. The molecule has 0 aliphatic rings. The van der Waals surface area contributed by atoms with Crippen LogP contribution in [-0.2, 0) is 0 Å². The van der Waals surface area contributed by atoms with E-state index in [-0.39, 0.29) is 5.69 Å². The molecule has 0 unspecified atom stereocenters. The summed E-state index contributed by atoms with van der Waals surface area (Å²) in [7, 11) is 0. The van der Waals surface area contributed by atoms with Crippen molar-refractivity contribution in [1.29, 1.82) is 0 Å². The summed E-state index contributed by atoms with van der Waals surface area (Å²) in [5.41, 5.74) is 2.30. The van der Waals surface area contributed by atoms with E-state index < -0.39 is 11.9 Å². The fraction of sp³-hybridized carbons (Fsp3) is 0.263. The third-order valence-corrected chi connectivity index (χ3v) is 7.50. The van der Waals surface area contributed by atoms with Crippen molar-refractivity contribution in [2.45, 2.75) is 52.4 Å². The molecule has 0 atom stereocenters. The van der Waals surface area contributed by atoms with Gasteiger partial charge in [0, 0.05) is 16.3 Å². The van der Waals surface area contributed by atoms with Gasteiger partial charge in [-0.3, -0.25) is 4.63 Å². The summed E-state index contributed by atoms with van der Waals surface area (Å²) in [4.78, 5) is 25.7. The van der Waals surface area contributed by atoms with Crippen LogP contribution in [-0.4, -0.2) is 30.3 Å². The molecule has 0 bridgehead atoms. The first-order chi connectivity index (χ1) is 23.4. The van der Waals surface area contributed by atoms with Gasteiger partial charge in [-0.15, -0.1) is 0 Å². The Bertz CT molecular complexity index is 1760. The van der Waals surface area contributed by atoms with Crippen molar-refractivity contribution in [1.82, 2.24) is 5.16 Å². The third kappa shape index (κ3) is 9.00. The fourth-order valence-electron chi connectivity index (χ4n) is 4.83. The fourth-order valence-corrected chi connectivity index (χ4v) is 4.83. The minimum atomic E-state index is -0.519. The van der Waals surface area contributed by atoms with Crippen LogP contribution in [0.3, 0.4) is 0 Å². The smallest absolute Gasteiger partial charge is 0.343 e. The van der Waals surface area contributed by atoms with E-state index in [1.54, 1.807) is 97.1 Å². The number of unbranched alkanes of at least 4 members (excludes halogenated alkanes) is 4. The van der Waals surface area contributed by atoms with E-state index in [9.17, 15) is 14.8 Å². The quantitative estimate of drug-likeness (QED) is 0.0450. The summed E-state index contributed by atoms with van der Waals surface area (Å²) < 4.78 is 27.4. The molecule has 0 spiro atoms. The van der Waals surface area contributed by atoms with E-state index in [4.69, 9.17) is 23.6 Å². The van der Waals surface area contributed by atoms with Crippen LogP contribution in [0.5, 0.6) is 23.0 Å². The second-order valence-corrected chi connectivity index (χ2v) is 11.1. The second-order valence-electron chi connectivity index (χ2n) is 11.1. The highest BCUT2D eigenvalue weighted by molar-refractivity contribution is 5.92. The second kappa shape index (κ2) is 16.8. The maximum Gasteiger partial charge on any atom is 0.343 e. The van der Waals surface area contributed by atoms with E-state index >= 15 is 0 Å². The number of benzene rings is 4. The lowest BCUT2D eigenvalue weighted by Crippen LogP contribution is -2.25. The van der Waals surface area contributed by atoms with Crippen LogP contribution in [0.1, 0.15) is 73.1 Å². The minimum absolute atomic E-state index is 0.171. The summed E-state index contributed by atoms with van der Waals surface area (Å²) in [6, 6.07) is 26.6. The SMILES string of the molecule is CCCCCOc1ccc(C(=O)Oc2ccc(-c3no[n+]([O-])c3-c3ccc(OC(=O)c4ccc(OCCCCC)cc4)cc3)cc2)cc1. The Morgan fingerprint density at radius 2 is 1.02 bits per heavy atom. The summed E-state index contributed by atoms with van der Waals surface area (Å²) in [6.45, 7) is 5.54. The molecule has 0 saturated heterocycles. The molecule has 10 nitrogen and oxygen atoms in total. The zero-order valence-corrected chi connectivity index (χ0v) is 27.1. The summed E-state index contributed by atoms with van der Waals surface area (Å²) in [6.07, 6.45) is 6.42. The molecule has 0 radical (unpaired) electrons. The number of esters is 2. The van der Waals surface area contributed by atoms with Gasteiger partial charge in [-0.1, -0.05) is 39.5 Å². The first-order valence-electron chi connectivity index (χ1n) is 16.2. The molecule has 1 aromatic heterocycles. The van der Waals surface area contributed by atoms with Gasteiger partial charge in [0.2, 0.25) is 5.69 Å². The molecular formula is C38H38N2O8. The van der Waals surface area contributed by atoms with Crippen LogP contribution in [0, 0.1) is 5.21 Å². The highest BCUT2D eigenvalue weighted by Crippen LogP contribution is 2.31. The molecule has 10 heteroatoms. The lowest BCUT2D eigenvalue weighted by Gasteiger charge is -2.08. The Kier molecular flexibility index (Phi) is 11.8. The standard InChI is InChI=1S/C38H38N2O8/c1-3-5-7-25-44-31-17-13-29(14-18-31)37(41)46-33-21-9-27(10-22-33)35-36(40(43)48-39-35)28-11-23-34(24-12-28)47-38(42)30-15-19-32(20-16-30)45-26-8-6-4-2/h9-24H,3-8,25-26H2,1-2H3. The number of rotatable bonds is 16. The van der Waals surface area contributed by atoms with E-state index in [2.05, 4.69) is 19.0 Å². The van der Waals surface area contributed by atoms with Gasteiger partial charge in [0.1, 0.15) is 23.0 Å². The monoisotopic (exact) mass is 650 g/mol. The maximum atomic E-state index is 12.7. The van der Waals surface area contributed by atoms with Crippen LogP contribution in [0.25, 0.3) is 22.5 Å². The minimum Gasteiger partial charge on any atom is -0.494 e. The van der Waals surface area contributed by atoms with Gasteiger partial charge in [-0.05, 0) is 115 Å². The average Bonchev–Trinajstić information content (AvgIpc) is 3.50. The zero-order chi connectivity index (χ0) is 33.7. The maximum absolute atomic E-state index is 12.7. The highest BCUT2D eigenvalue weighted by atomic mass is 16.8. The van der Waals surface area contributed by atoms with Gasteiger partial charge in [-0.25, -0.2) is 9.59 Å². The van der Waals surface area contributed by atoms with Crippen LogP contribution in [0.2, 0.25) is 0 Å². The molecule has 0 aliphatic carbocycles. The van der Waals surface area contributed by atoms with Gasteiger partial charge >= 0.3 is 11.9 Å². The van der Waals surface area contributed by atoms with Crippen molar-refractivity contribution in [2.75, 3.05) is 13.2 Å². The number of carbonyl (C=O) groups is 2. The lowest BCUT2D eigenvalue weighted by molar-refractivity contribution is -0.793. The molecule has 4 aromatic carbocycles. The van der Waals surface area contributed by atoms with E-state index in [1.807, 2.05) is 0 Å². The summed E-state index contributed by atoms with van der Waals surface area (Å²) in [5, 5.41) is 16.5. The molecule has 5 rings (SSSR count). The predicted octanol–water partition coefficient (Wildman–Crippen LogP) is 8.22. The Morgan fingerprint density at radius 3 is 1.46 bits per heavy atom. The number of hydrogen-bond donors (Lipinski definition) is 0. The average molecular weight is 651 g/mol. The number of nitrogens with zero attached hydrogens (tertiary/aromatic N) is 2. The van der Waals surface area contributed by atoms with Crippen molar-refractivity contribution in [3.63, 3.8) is 0 Å². The van der Waals surface area contributed by atoms with Gasteiger partial charge < -0.3 is 24.2 Å². The van der Waals surface area contributed by atoms with E-state index in [1.165, 1.54) is 0 Å². The molecule has 0 aliphatic heterocycles. The molecule has 1 heterocycles. The molecule has 5 aromatic rings. The van der Waals surface area contributed by atoms with E-state index in [0.717, 1.165) is 38.5 Å². The molecule has 0 fully saturated rings. The van der Waals surface area contributed by atoms with Crippen LogP contribution >= 0.6 is 0 Å². The van der Waals surface area contributed by atoms with Gasteiger partial charge in [0.25, 0.3) is 5.69 Å². The predicted molar refractivity (Wildman–Crippen MR) is 179 cm³/mol. The van der Waals surface area contributed by atoms with Gasteiger partial charge in [-0.2, -0.15) is 0 Å². The van der Waals surface area contributed by atoms with Crippen molar-refractivity contribution in [3.05, 3.63) is 113 Å². The third-order valence-electron chi connectivity index (χ3n) is 7.50. The van der Waals surface area contributed by atoms with Crippen LogP contribution in [0.4, 0.5) is 0 Å². The highest BCUT2D eigenvalue weighted by Gasteiger charge is 2.23. The number of hydrogen-bond acceptors (Lipinski definition) is 9. The Morgan fingerprint density at radius 1 is 0.604 bits per heavy atom. The number of carbonyl (C=O) groups excluding carboxylic acids is 2. The Balaban J connectivity index is 1.18.